The molecule has 1 heterocycles. The molecule has 0 aromatic heterocycles. The van der Waals surface area contributed by atoms with Crippen molar-refractivity contribution in [3.8, 4) is 0 Å². The van der Waals surface area contributed by atoms with Crippen molar-refractivity contribution in [2.45, 2.75) is 76.8 Å². The third-order valence-electron chi connectivity index (χ3n) is 4.21. The van der Waals surface area contributed by atoms with E-state index in [4.69, 9.17) is 9.16 Å². The monoisotopic (exact) mass is 272 g/mol. The lowest BCUT2D eigenvalue weighted by molar-refractivity contribution is -0.112. The van der Waals surface area contributed by atoms with E-state index >= 15 is 0 Å². The van der Waals surface area contributed by atoms with E-state index in [-0.39, 0.29) is 17.2 Å². The largest absolute Gasteiger partial charge is 0.411 e. The molecule has 1 rings (SSSR count). The van der Waals surface area contributed by atoms with E-state index in [0.29, 0.717) is 6.42 Å². The van der Waals surface area contributed by atoms with Gasteiger partial charge in [-0.25, -0.2) is 0 Å². The van der Waals surface area contributed by atoms with Crippen LogP contribution in [0.5, 0.6) is 0 Å². The summed E-state index contributed by atoms with van der Waals surface area (Å²) in [7, 11) is -1.78. The maximum Gasteiger partial charge on any atom is 0.192 e. The Morgan fingerprint density at radius 1 is 1.33 bits per heavy atom. The molecule has 1 saturated heterocycles. The van der Waals surface area contributed by atoms with Gasteiger partial charge >= 0.3 is 0 Å². The predicted molar refractivity (Wildman–Crippen MR) is 76.3 cm³/mol. The third kappa shape index (κ3) is 4.18. The zero-order valence-electron chi connectivity index (χ0n) is 12.5. The van der Waals surface area contributed by atoms with Crippen LogP contribution in [0.4, 0.5) is 0 Å². The van der Waals surface area contributed by atoms with Gasteiger partial charge in [0.05, 0.1) is 12.2 Å². The first-order valence-corrected chi connectivity index (χ1v) is 9.92. The number of aldehydes is 1. The van der Waals surface area contributed by atoms with Crippen molar-refractivity contribution in [3.05, 3.63) is 0 Å². The van der Waals surface area contributed by atoms with E-state index in [0.717, 1.165) is 32.2 Å². The van der Waals surface area contributed by atoms with Crippen LogP contribution in [-0.2, 0) is 14.0 Å². The molecule has 1 fully saturated rings. The maximum absolute atomic E-state index is 10.8. The van der Waals surface area contributed by atoms with E-state index in [1.165, 1.54) is 0 Å². The Hall–Kier alpha value is -0.193. The zero-order valence-corrected chi connectivity index (χ0v) is 13.5. The lowest BCUT2D eigenvalue weighted by Gasteiger charge is -2.40. The molecule has 0 bridgehead atoms. The van der Waals surface area contributed by atoms with Crippen LogP contribution in [0.2, 0.25) is 18.1 Å². The van der Waals surface area contributed by atoms with Crippen LogP contribution >= 0.6 is 0 Å². The standard InChI is InChI=1S/C14H28O3Si/c1-14(2,3)18(4,5)17-13-8-6-7-11-16-12(13)9-10-15/h10,12-13H,6-9,11H2,1-5H3/t12-,13+/m1/s1. The van der Waals surface area contributed by atoms with Gasteiger partial charge in [0.15, 0.2) is 8.32 Å². The second-order valence-corrected chi connectivity index (χ2v) is 11.5. The quantitative estimate of drug-likeness (QED) is 0.580. The van der Waals surface area contributed by atoms with Crippen LogP contribution in [0.15, 0.2) is 0 Å². The van der Waals surface area contributed by atoms with Crippen molar-refractivity contribution >= 4 is 14.6 Å². The number of carbonyl (C=O) groups is 1. The molecule has 4 heteroatoms. The molecular formula is C14H28O3Si. The molecule has 0 spiro atoms. The van der Waals surface area contributed by atoms with Gasteiger partial charge in [-0.1, -0.05) is 20.8 Å². The van der Waals surface area contributed by atoms with Crippen molar-refractivity contribution in [2.24, 2.45) is 0 Å². The molecule has 0 amide bonds. The van der Waals surface area contributed by atoms with Gasteiger partial charge in [0, 0.05) is 13.0 Å². The third-order valence-corrected chi connectivity index (χ3v) is 8.71. The average molecular weight is 272 g/mol. The summed E-state index contributed by atoms with van der Waals surface area (Å²) in [5.74, 6) is 0. The lowest BCUT2D eigenvalue weighted by Crippen LogP contribution is -2.47. The van der Waals surface area contributed by atoms with Crippen LogP contribution in [0, 0.1) is 0 Å². The topological polar surface area (TPSA) is 35.5 Å². The molecule has 18 heavy (non-hydrogen) atoms. The van der Waals surface area contributed by atoms with Crippen molar-refractivity contribution in [3.63, 3.8) is 0 Å². The molecule has 0 aromatic rings. The second-order valence-electron chi connectivity index (χ2n) is 6.72. The minimum Gasteiger partial charge on any atom is -0.411 e. The van der Waals surface area contributed by atoms with Crippen molar-refractivity contribution in [1.29, 1.82) is 0 Å². The number of ether oxygens (including phenoxy) is 1. The van der Waals surface area contributed by atoms with E-state index in [9.17, 15) is 4.79 Å². The fourth-order valence-corrected chi connectivity index (χ4v) is 3.36. The molecular weight excluding hydrogens is 244 g/mol. The summed E-state index contributed by atoms with van der Waals surface area (Å²) in [4.78, 5) is 10.8. The van der Waals surface area contributed by atoms with Gasteiger partial charge in [0.25, 0.3) is 0 Å². The summed E-state index contributed by atoms with van der Waals surface area (Å²) in [5, 5.41) is 0.199. The van der Waals surface area contributed by atoms with Gasteiger partial charge in [-0.2, -0.15) is 0 Å². The van der Waals surface area contributed by atoms with Crippen molar-refractivity contribution in [1.82, 2.24) is 0 Å². The van der Waals surface area contributed by atoms with E-state index < -0.39 is 8.32 Å². The first-order chi connectivity index (χ1) is 8.28. The molecule has 0 aliphatic carbocycles. The number of rotatable bonds is 4. The van der Waals surface area contributed by atoms with Crippen LogP contribution in [0.1, 0.15) is 46.5 Å². The molecule has 2 atom stereocenters. The summed E-state index contributed by atoms with van der Waals surface area (Å²) in [6, 6.07) is 0. The number of hydrogen-bond acceptors (Lipinski definition) is 3. The highest BCUT2D eigenvalue weighted by molar-refractivity contribution is 6.74. The predicted octanol–water partition coefficient (Wildman–Crippen LogP) is 3.53. The Morgan fingerprint density at radius 3 is 2.56 bits per heavy atom. The number of hydrogen-bond donors (Lipinski definition) is 0. The van der Waals surface area contributed by atoms with Gasteiger partial charge < -0.3 is 14.0 Å². The Bertz CT molecular complexity index is 271. The lowest BCUT2D eigenvalue weighted by atomic mass is 10.1. The van der Waals surface area contributed by atoms with E-state index in [1.807, 2.05) is 0 Å². The average Bonchev–Trinajstić information content (AvgIpc) is 2.43. The van der Waals surface area contributed by atoms with Crippen LogP contribution < -0.4 is 0 Å². The fraction of sp³-hybridized carbons (Fsp3) is 0.929. The summed E-state index contributed by atoms with van der Waals surface area (Å²) >= 11 is 0. The summed E-state index contributed by atoms with van der Waals surface area (Å²) < 4.78 is 12.2. The van der Waals surface area contributed by atoms with Crippen molar-refractivity contribution in [2.75, 3.05) is 6.61 Å². The maximum atomic E-state index is 10.8. The Morgan fingerprint density at radius 2 is 2.00 bits per heavy atom. The minimum absolute atomic E-state index is 0.0425. The van der Waals surface area contributed by atoms with E-state index in [2.05, 4.69) is 33.9 Å². The van der Waals surface area contributed by atoms with Crippen LogP contribution in [-0.4, -0.2) is 33.4 Å². The number of carbonyl (C=O) groups excluding carboxylic acids is 1. The Labute approximate surface area is 112 Å². The van der Waals surface area contributed by atoms with Gasteiger partial charge in [-0.05, 0) is 37.4 Å². The second kappa shape index (κ2) is 6.31. The van der Waals surface area contributed by atoms with Gasteiger partial charge in [-0.15, -0.1) is 0 Å². The van der Waals surface area contributed by atoms with E-state index in [1.54, 1.807) is 0 Å². The molecule has 106 valence electrons. The van der Waals surface area contributed by atoms with Gasteiger partial charge in [-0.3, -0.25) is 0 Å². The van der Waals surface area contributed by atoms with Gasteiger partial charge in [0.2, 0.25) is 0 Å². The Kier molecular flexibility index (Phi) is 5.56. The minimum atomic E-state index is -1.78. The first kappa shape index (κ1) is 15.9. The normalized spacial score (nSPS) is 26.7. The fourth-order valence-electron chi connectivity index (χ4n) is 1.98. The highest BCUT2D eigenvalue weighted by Crippen LogP contribution is 2.38. The smallest absolute Gasteiger partial charge is 0.192 e. The zero-order chi connectivity index (χ0) is 13.8. The SMILES string of the molecule is CC(C)(C)[Si](C)(C)O[C@H]1CCCCO[C@@H]1CC=O. The summed E-state index contributed by atoms with van der Waals surface area (Å²) in [5.41, 5.74) is 0. The molecule has 0 aromatic carbocycles. The highest BCUT2D eigenvalue weighted by atomic mass is 28.4. The molecule has 1 aliphatic heterocycles. The molecule has 0 radical (unpaired) electrons. The molecule has 0 saturated carbocycles. The highest BCUT2D eigenvalue weighted by Gasteiger charge is 2.41. The molecule has 0 N–H and O–H groups in total. The van der Waals surface area contributed by atoms with Crippen LogP contribution in [0.3, 0.4) is 0 Å². The molecule has 3 nitrogen and oxygen atoms in total. The van der Waals surface area contributed by atoms with Crippen molar-refractivity contribution < 1.29 is 14.0 Å². The molecule has 0 unspecified atom stereocenters. The molecule has 1 aliphatic rings. The Balaban J connectivity index is 2.74. The summed E-state index contributed by atoms with van der Waals surface area (Å²) in [6.07, 6.45) is 4.70. The van der Waals surface area contributed by atoms with Gasteiger partial charge in [0.1, 0.15) is 6.29 Å². The first-order valence-electron chi connectivity index (χ1n) is 7.01. The van der Waals surface area contributed by atoms with Crippen LogP contribution in [0.25, 0.3) is 0 Å². The summed E-state index contributed by atoms with van der Waals surface area (Å²) in [6.45, 7) is 12.0.